The second kappa shape index (κ2) is 6.86. The van der Waals surface area contributed by atoms with Gasteiger partial charge in [0.15, 0.2) is 0 Å². The highest BCUT2D eigenvalue weighted by molar-refractivity contribution is 5.85. The third kappa shape index (κ3) is 2.83. The average Bonchev–Trinajstić information content (AvgIpc) is 2.92. The van der Waals surface area contributed by atoms with E-state index in [4.69, 9.17) is 4.74 Å². The molecule has 3 atom stereocenters. The summed E-state index contributed by atoms with van der Waals surface area (Å²) in [6.07, 6.45) is 3.96. The van der Waals surface area contributed by atoms with Crippen molar-refractivity contribution in [2.45, 2.75) is 49.5 Å². The van der Waals surface area contributed by atoms with E-state index in [1.807, 2.05) is 36.4 Å². The van der Waals surface area contributed by atoms with Crippen molar-refractivity contribution in [1.82, 2.24) is 4.90 Å². The highest BCUT2D eigenvalue weighted by atomic mass is 16.6. The summed E-state index contributed by atoms with van der Waals surface area (Å²) >= 11 is 0. The van der Waals surface area contributed by atoms with Gasteiger partial charge in [-0.15, -0.1) is 0 Å². The van der Waals surface area contributed by atoms with Crippen molar-refractivity contribution < 1.29 is 14.6 Å². The van der Waals surface area contributed by atoms with E-state index in [9.17, 15) is 9.90 Å². The van der Waals surface area contributed by atoms with Crippen LogP contribution in [-0.2, 0) is 15.1 Å². The Kier molecular flexibility index (Phi) is 4.55. The van der Waals surface area contributed by atoms with Crippen LogP contribution in [0.4, 0.5) is 0 Å². The van der Waals surface area contributed by atoms with Crippen molar-refractivity contribution in [3.05, 3.63) is 71.8 Å². The van der Waals surface area contributed by atoms with Gasteiger partial charge in [0.1, 0.15) is 6.10 Å². The number of likely N-dealkylation sites (N-methyl/N-ethyl adjacent to an activating group) is 1. The Morgan fingerprint density at radius 1 is 0.962 bits per heavy atom. The van der Waals surface area contributed by atoms with Crippen LogP contribution >= 0.6 is 0 Å². The zero-order chi connectivity index (χ0) is 18.1. The molecule has 0 amide bonds. The first kappa shape index (κ1) is 17.3. The van der Waals surface area contributed by atoms with Gasteiger partial charge in [0, 0.05) is 12.1 Å². The topological polar surface area (TPSA) is 49.8 Å². The smallest absolute Gasteiger partial charge is 0.348 e. The fraction of sp³-hybridized carbons (Fsp3) is 0.409. The Morgan fingerprint density at radius 2 is 1.50 bits per heavy atom. The Morgan fingerprint density at radius 3 is 2.08 bits per heavy atom. The molecule has 0 spiro atoms. The summed E-state index contributed by atoms with van der Waals surface area (Å²) in [6, 6.07) is 19.0. The second-order valence-corrected chi connectivity index (χ2v) is 7.43. The van der Waals surface area contributed by atoms with E-state index < -0.39 is 11.6 Å². The number of ether oxygens (including phenoxy) is 1. The van der Waals surface area contributed by atoms with Crippen molar-refractivity contribution in [3.8, 4) is 0 Å². The van der Waals surface area contributed by atoms with Gasteiger partial charge in [0.05, 0.1) is 0 Å². The third-order valence-corrected chi connectivity index (χ3v) is 6.05. The predicted octanol–water partition coefficient (Wildman–Crippen LogP) is 3.09. The minimum Gasteiger partial charge on any atom is -0.458 e. The van der Waals surface area contributed by atoms with Crippen LogP contribution in [0.25, 0.3) is 0 Å². The SMILES string of the molecule is CN1[C@H]2CC[C@H](OC(=O)C(O)(c3ccccc3)c3ccccc3)[C@@H]1CC2. The van der Waals surface area contributed by atoms with E-state index in [1.54, 1.807) is 24.3 Å². The number of hydrogen-bond donors (Lipinski definition) is 1. The molecule has 2 aromatic carbocycles. The van der Waals surface area contributed by atoms with Crippen LogP contribution in [0.2, 0.25) is 0 Å². The molecule has 2 aromatic rings. The predicted molar refractivity (Wildman–Crippen MR) is 99.6 cm³/mol. The quantitative estimate of drug-likeness (QED) is 0.860. The summed E-state index contributed by atoms with van der Waals surface area (Å²) in [6.45, 7) is 0. The zero-order valence-electron chi connectivity index (χ0n) is 15.0. The molecule has 0 aliphatic carbocycles. The number of fused-ring (bicyclic) bond motifs is 2. The molecule has 4 heteroatoms. The van der Waals surface area contributed by atoms with Gasteiger partial charge < -0.3 is 9.84 Å². The maximum atomic E-state index is 13.2. The number of nitrogens with zero attached hydrogens (tertiary/aromatic N) is 1. The summed E-state index contributed by atoms with van der Waals surface area (Å²) in [5, 5.41) is 11.5. The average molecular weight is 351 g/mol. The van der Waals surface area contributed by atoms with E-state index in [2.05, 4.69) is 11.9 Å². The van der Waals surface area contributed by atoms with Crippen molar-refractivity contribution in [1.29, 1.82) is 0 Å². The lowest BCUT2D eigenvalue weighted by molar-refractivity contribution is -0.173. The van der Waals surface area contributed by atoms with Gasteiger partial charge >= 0.3 is 5.97 Å². The Labute approximate surface area is 154 Å². The number of carbonyl (C=O) groups excluding carboxylic acids is 1. The molecule has 0 unspecified atom stereocenters. The fourth-order valence-electron chi connectivity index (χ4n) is 4.51. The number of aliphatic hydroxyl groups is 1. The van der Waals surface area contributed by atoms with E-state index in [0.717, 1.165) is 25.7 Å². The van der Waals surface area contributed by atoms with Gasteiger partial charge in [-0.1, -0.05) is 60.7 Å². The van der Waals surface area contributed by atoms with Crippen LogP contribution in [0.5, 0.6) is 0 Å². The molecule has 26 heavy (non-hydrogen) atoms. The first-order valence-electron chi connectivity index (χ1n) is 9.37. The molecular formula is C22H25NO3. The van der Waals surface area contributed by atoms with Crippen LogP contribution < -0.4 is 0 Å². The minimum atomic E-state index is -1.80. The molecule has 0 radical (unpaired) electrons. The number of hydrogen-bond acceptors (Lipinski definition) is 4. The lowest BCUT2D eigenvalue weighted by Crippen LogP contribution is -2.49. The van der Waals surface area contributed by atoms with Gasteiger partial charge in [0.2, 0.25) is 5.60 Å². The molecule has 1 N–H and O–H groups in total. The standard InChI is InChI=1S/C22H25NO3/c1-23-18-12-14-19(23)20(15-13-18)26-21(24)22(25,16-8-4-2-5-9-16)17-10-6-3-7-11-17/h2-11,18-20,25H,12-15H2,1H3/t18-,19+,20+/m1/s1. The Bertz CT molecular complexity index is 722. The van der Waals surface area contributed by atoms with E-state index >= 15 is 0 Å². The van der Waals surface area contributed by atoms with Crippen LogP contribution in [-0.4, -0.2) is 41.2 Å². The van der Waals surface area contributed by atoms with Crippen LogP contribution in [0.1, 0.15) is 36.8 Å². The largest absolute Gasteiger partial charge is 0.458 e. The van der Waals surface area contributed by atoms with Crippen LogP contribution in [0.15, 0.2) is 60.7 Å². The van der Waals surface area contributed by atoms with Crippen molar-refractivity contribution in [2.75, 3.05) is 7.05 Å². The van der Waals surface area contributed by atoms with Gasteiger partial charge in [-0.05, 0) is 43.9 Å². The highest BCUT2D eigenvalue weighted by Gasteiger charge is 2.47. The van der Waals surface area contributed by atoms with E-state index in [-0.39, 0.29) is 12.1 Å². The Hall–Kier alpha value is -2.17. The molecule has 4 rings (SSSR count). The first-order valence-corrected chi connectivity index (χ1v) is 9.37. The van der Waals surface area contributed by atoms with Gasteiger partial charge in [-0.25, -0.2) is 4.79 Å². The summed E-state index contributed by atoms with van der Waals surface area (Å²) in [4.78, 5) is 15.6. The molecule has 2 aliphatic heterocycles. The number of carbonyl (C=O) groups is 1. The molecule has 0 aromatic heterocycles. The maximum absolute atomic E-state index is 13.2. The maximum Gasteiger partial charge on any atom is 0.348 e. The van der Waals surface area contributed by atoms with Crippen LogP contribution in [0, 0.1) is 0 Å². The van der Waals surface area contributed by atoms with Gasteiger partial charge in [-0.2, -0.15) is 0 Å². The molecule has 2 fully saturated rings. The molecule has 2 saturated heterocycles. The molecule has 2 aliphatic rings. The molecule has 0 saturated carbocycles. The number of rotatable bonds is 4. The molecule has 2 heterocycles. The monoisotopic (exact) mass is 351 g/mol. The number of benzene rings is 2. The van der Waals surface area contributed by atoms with Gasteiger partial charge in [0.25, 0.3) is 0 Å². The fourth-order valence-corrected chi connectivity index (χ4v) is 4.51. The number of esters is 1. The van der Waals surface area contributed by atoms with E-state index in [0.29, 0.717) is 17.2 Å². The normalized spacial score (nSPS) is 25.8. The molecule has 2 bridgehead atoms. The van der Waals surface area contributed by atoms with E-state index in [1.165, 1.54) is 0 Å². The highest BCUT2D eigenvalue weighted by Crippen LogP contribution is 2.38. The first-order chi connectivity index (χ1) is 12.6. The van der Waals surface area contributed by atoms with Crippen molar-refractivity contribution in [3.63, 3.8) is 0 Å². The zero-order valence-corrected chi connectivity index (χ0v) is 15.0. The minimum absolute atomic E-state index is 0.162. The van der Waals surface area contributed by atoms with Gasteiger partial charge in [-0.3, -0.25) is 4.90 Å². The molecule has 4 nitrogen and oxygen atoms in total. The lowest BCUT2D eigenvalue weighted by atomic mass is 9.86. The summed E-state index contributed by atoms with van der Waals surface area (Å²) in [7, 11) is 2.11. The molecular weight excluding hydrogens is 326 g/mol. The summed E-state index contributed by atoms with van der Waals surface area (Å²) < 4.78 is 5.94. The second-order valence-electron chi connectivity index (χ2n) is 7.43. The lowest BCUT2D eigenvalue weighted by Gasteiger charge is -2.38. The third-order valence-electron chi connectivity index (χ3n) is 6.05. The van der Waals surface area contributed by atoms with Crippen LogP contribution in [0.3, 0.4) is 0 Å². The Balaban J connectivity index is 1.65. The summed E-state index contributed by atoms with van der Waals surface area (Å²) in [5.41, 5.74) is -0.731. The molecule has 136 valence electrons. The summed E-state index contributed by atoms with van der Waals surface area (Å²) in [5.74, 6) is -0.585. The van der Waals surface area contributed by atoms with Crippen molar-refractivity contribution in [2.24, 2.45) is 0 Å². The number of piperidine rings is 1. The van der Waals surface area contributed by atoms with Crippen molar-refractivity contribution >= 4 is 5.97 Å².